The third kappa shape index (κ3) is 2.98. The van der Waals surface area contributed by atoms with E-state index in [2.05, 4.69) is 0 Å². The monoisotopic (exact) mass is 374 g/mol. The maximum Gasteiger partial charge on any atom is 0.321 e. The molecule has 1 unspecified atom stereocenters. The molecule has 8 nitrogen and oxygen atoms in total. The maximum absolute atomic E-state index is 12.4. The Hall–Kier alpha value is -3.04. The first kappa shape index (κ1) is 17.8. The highest BCUT2D eigenvalue weighted by Crippen LogP contribution is 2.28. The highest BCUT2D eigenvalue weighted by molar-refractivity contribution is 7.89. The summed E-state index contributed by atoms with van der Waals surface area (Å²) in [7, 11) is -4.04. The van der Waals surface area contributed by atoms with Crippen LogP contribution in [0.2, 0.25) is 0 Å². The Morgan fingerprint density at radius 3 is 1.96 bits per heavy atom. The number of nitrogens with zero attached hydrogens (tertiary/aromatic N) is 1. The van der Waals surface area contributed by atoms with Gasteiger partial charge in [-0.2, -0.15) is 4.72 Å². The summed E-state index contributed by atoms with van der Waals surface area (Å²) < 4.78 is 26.3. The second-order valence-corrected chi connectivity index (χ2v) is 7.38. The summed E-state index contributed by atoms with van der Waals surface area (Å²) in [6.07, 6.45) is 0. The van der Waals surface area contributed by atoms with Gasteiger partial charge in [-0.25, -0.2) is 13.3 Å². The van der Waals surface area contributed by atoms with Gasteiger partial charge in [-0.15, -0.1) is 0 Å². The molecule has 0 aliphatic carbocycles. The highest BCUT2D eigenvalue weighted by atomic mass is 32.2. The number of benzene rings is 2. The van der Waals surface area contributed by atoms with Gasteiger partial charge in [0.15, 0.2) is 0 Å². The van der Waals surface area contributed by atoms with Crippen LogP contribution < -0.4 is 9.62 Å². The SMILES string of the molecule is CC(NS(=O)(=O)c1ccc(N2C(=O)c3ccccc3C2=O)cc1)C(=O)O. The van der Waals surface area contributed by atoms with Gasteiger partial charge in [-0.3, -0.25) is 14.4 Å². The van der Waals surface area contributed by atoms with Crippen molar-refractivity contribution in [2.45, 2.75) is 17.9 Å². The predicted octanol–water partition coefficient (Wildman–Crippen LogP) is 1.24. The molecule has 0 spiro atoms. The summed E-state index contributed by atoms with van der Waals surface area (Å²) in [6.45, 7) is 1.20. The molecule has 1 aliphatic rings. The number of aliphatic carboxylic acids is 1. The van der Waals surface area contributed by atoms with Crippen LogP contribution in [0.1, 0.15) is 27.6 Å². The van der Waals surface area contributed by atoms with E-state index in [9.17, 15) is 22.8 Å². The van der Waals surface area contributed by atoms with Crippen LogP contribution in [0.4, 0.5) is 5.69 Å². The van der Waals surface area contributed by atoms with Gasteiger partial charge >= 0.3 is 5.97 Å². The number of amides is 2. The van der Waals surface area contributed by atoms with Crippen LogP contribution in [-0.2, 0) is 14.8 Å². The number of hydrogen-bond donors (Lipinski definition) is 2. The van der Waals surface area contributed by atoms with Gasteiger partial charge in [0.2, 0.25) is 10.0 Å². The van der Waals surface area contributed by atoms with E-state index < -0.39 is 33.8 Å². The lowest BCUT2D eigenvalue weighted by Crippen LogP contribution is -2.38. The number of hydrogen-bond acceptors (Lipinski definition) is 5. The molecule has 1 atom stereocenters. The largest absolute Gasteiger partial charge is 0.480 e. The zero-order chi connectivity index (χ0) is 19.1. The molecule has 0 saturated carbocycles. The van der Waals surface area contributed by atoms with Crippen LogP contribution in [-0.4, -0.2) is 37.3 Å². The Morgan fingerprint density at radius 2 is 1.50 bits per heavy atom. The molecule has 0 fully saturated rings. The van der Waals surface area contributed by atoms with Crippen LogP contribution >= 0.6 is 0 Å². The molecule has 3 rings (SSSR count). The molecule has 134 valence electrons. The first-order chi connectivity index (χ1) is 12.2. The molecule has 2 amide bonds. The van der Waals surface area contributed by atoms with E-state index in [0.29, 0.717) is 0 Å². The van der Waals surface area contributed by atoms with Crippen LogP contribution in [0, 0.1) is 0 Å². The van der Waals surface area contributed by atoms with Crippen LogP contribution in [0.25, 0.3) is 0 Å². The molecule has 2 aromatic rings. The molecule has 0 radical (unpaired) electrons. The lowest BCUT2D eigenvalue weighted by molar-refractivity contribution is -0.138. The van der Waals surface area contributed by atoms with Crippen molar-refractivity contribution < 1.29 is 27.9 Å². The van der Waals surface area contributed by atoms with Gasteiger partial charge in [0, 0.05) is 0 Å². The number of carboxylic acids is 1. The Bertz CT molecular complexity index is 979. The minimum atomic E-state index is -4.04. The average molecular weight is 374 g/mol. The summed E-state index contributed by atoms with van der Waals surface area (Å²) in [5.74, 6) is -2.28. The van der Waals surface area contributed by atoms with Crippen molar-refractivity contribution in [1.82, 2.24) is 4.72 Å². The Kier molecular flexibility index (Phi) is 4.34. The molecule has 0 saturated heterocycles. The van der Waals surface area contributed by atoms with E-state index in [1.54, 1.807) is 24.3 Å². The van der Waals surface area contributed by atoms with Crippen molar-refractivity contribution in [1.29, 1.82) is 0 Å². The number of fused-ring (bicyclic) bond motifs is 1. The van der Waals surface area contributed by atoms with Gasteiger partial charge in [0.1, 0.15) is 6.04 Å². The first-order valence-corrected chi connectivity index (χ1v) is 9.03. The van der Waals surface area contributed by atoms with E-state index in [4.69, 9.17) is 5.11 Å². The zero-order valence-electron chi connectivity index (χ0n) is 13.5. The molecule has 2 N–H and O–H groups in total. The van der Waals surface area contributed by atoms with Crippen molar-refractivity contribution in [3.63, 3.8) is 0 Å². The van der Waals surface area contributed by atoms with E-state index in [0.717, 1.165) is 4.90 Å². The normalized spacial score (nSPS) is 15.0. The smallest absolute Gasteiger partial charge is 0.321 e. The molecule has 1 heterocycles. The standard InChI is InChI=1S/C17H14N2O6S/c1-10(17(22)23)18-26(24,25)12-8-6-11(7-9-12)19-15(20)13-4-2-3-5-14(13)16(19)21/h2-10,18H,1H3,(H,22,23). The molecular formula is C17H14N2O6S. The number of nitrogens with one attached hydrogen (secondary N) is 1. The number of imide groups is 1. The number of rotatable bonds is 5. The van der Waals surface area contributed by atoms with Crippen molar-refractivity contribution >= 4 is 33.5 Å². The van der Waals surface area contributed by atoms with E-state index in [-0.39, 0.29) is 21.7 Å². The lowest BCUT2D eigenvalue weighted by atomic mass is 10.1. The van der Waals surface area contributed by atoms with Crippen molar-refractivity contribution in [3.8, 4) is 0 Å². The highest BCUT2D eigenvalue weighted by Gasteiger charge is 2.36. The second kappa shape index (κ2) is 6.36. The summed E-state index contributed by atoms with van der Waals surface area (Å²) in [5, 5.41) is 8.82. The third-order valence-electron chi connectivity index (χ3n) is 3.90. The topological polar surface area (TPSA) is 121 Å². The number of carboxylic acid groups (broad SMARTS) is 1. The molecule has 1 aliphatic heterocycles. The molecule has 0 bridgehead atoms. The fraction of sp³-hybridized carbons (Fsp3) is 0.118. The number of anilines is 1. The fourth-order valence-electron chi connectivity index (χ4n) is 2.55. The Labute approximate surface area is 149 Å². The summed E-state index contributed by atoms with van der Waals surface area (Å²) in [4.78, 5) is 36.4. The van der Waals surface area contributed by atoms with Crippen molar-refractivity contribution in [2.75, 3.05) is 4.90 Å². The average Bonchev–Trinajstić information content (AvgIpc) is 2.86. The van der Waals surface area contributed by atoms with Crippen molar-refractivity contribution in [3.05, 3.63) is 59.7 Å². The molecule has 0 aromatic heterocycles. The van der Waals surface area contributed by atoms with E-state index in [1.165, 1.54) is 31.2 Å². The lowest BCUT2D eigenvalue weighted by Gasteiger charge is -2.15. The van der Waals surface area contributed by atoms with Gasteiger partial charge in [0.25, 0.3) is 11.8 Å². The third-order valence-corrected chi connectivity index (χ3v) is 5.46. The zero-order valence-corrected chi connectivity index (χ0v) is 14.4. The van der Waals surface area contributed by atoms with Gasteiger partial charge < -0.3 is 5.11 Å². The molecule has 9 heteroatoms. The molecule has 2 aromatic carbocycles. The first-order valence-electron chi connectivity index (χ1n) is 7.55. The van der Waals surface area contributed by atoms with Crippen LogP contribution in [0.15, 0.2) is 53.4 Å². The summed E-state index contributed by atoms with van der Waals surface area (Å²) in [5.41, 5.74) is 0.790. The quantitative estimate of drug-likeness (QED) is 0.760. The van der Waals surface area contributed by atoms with E-state index in [1.807, 2.05) is 4.72 Å². The van der Waals surface area contributed by atoms with Crippen LogP contribution in [0.5, 0.6) is 0 Å². The summed E-state index contributed by atoms with van der Waals surface area (Å²) >= 11 is 0. The molecule has 26 heavy (non-hydrogen) atoms. The predicted molar refractivity (Wildman–Crippen MR) is 91.4 cm³/mol. The molecular weight excluding hydrogens is 360 g/mol. The number of carbonyl (C=O) groups excluding carboxylic acids is 2. The Morgan fingerprint density at radius 1 is 1.00 bits per heavy atom. The minimum Gasteiger partial charge on any atom is -0.480 e. The number of sulfonamides is 1. The fourth-order valence-corrected chi connectivity index (χ4v) is 3.75. The van der Waals surface area contributed by atoms with Gasteiger partial charge in [-0.1, -0.05) is 12.1 Å². The van der Waals surface area contributed by atoms with Gasteiger partial charge in [-0.05, 0) is 43.3 Å². The summed E-state index contributed by atoms with van der Waals surface area (Å²) in [6, 6.07) is 10.2. The maximum atomic E-state index is 12.4. The van der Waals surface area contributed by atoms with Crippen LogP contribution in [0.3, 0.4) is 0 Å². The number of carbonyl (C=O) groups is 3. The Balaban J connectivity index is 1.89. The minimum absolute atomic E-state index is 0.175. The van der Waals surface area contributed by atoms with Crippen molar-refractivity contribution in [2.24, 2.45) is 0 Å². The van der Waals surface area contributed by atoms with E-state index >= 15 is 0 Å². The van der Waals surface area contributed by atoms with Gasteiger partial charge in [0.05, 0.1) is 21.7 Å². The second-order valence-electron chi connectivity index (χ2n) is 5.67.